The van der Waals surface area contributed by atoms with Crippen LogP contribution in [0.1, 0.15) is 0 Å². The van der Waals surface area contributed by atoms with Crippen LogP contribution >= 0.6 is 11.6 Å². The fourth-order valence-corrected chi connectivity index (χ4v) is 1.64. The Bertz CT molecular complexity index is 434. The van der Waals surface area contributed by atoms with Gasteiger partial charge < -0.3 is 4.74 Å². The molecule has 0 fully saturated rings. The molecule has 0 aliphatic carbocycles. The summed E-state index contributed by atoms with van der Waals surface area (Å²) in [5.74, 6) is -0.789. The Kier molecular flexibility index (Phi) is 3.46. The first-order chi connectivity index (χ1) is 6.79. The molecule has 1 rings (SSSR count). The molecule has 0 atom stereocenters. The quantitative estimate of drug-likeness (QED) is 0.829. The van der Waals surface area contributed by atoms with Gasteiger partial charge in [0.2, 0.25) is 0 Å². The van der Waals surface area contributed by atoms with Crippen LogP contribution in [0, 0.1) is 0 Å². The Labute approximate surface area is 89.4 Å². The van der Waals surface area contributed by atoms with E-state index in [1.807, 2.05) is 0 Å². The lowest BCUT2D eigenvalue weighted by Gasteiger charge is -2.10. The lowest BCUT2D eigenvalue weighted by molar-refractivity contribution is -0.275. The van der Waals surface area contributed by atoms with Gasteiger partial charge in [-0.15, -0.1) is 13.2 Å². The van der Waals surface area contributed by atoms with E-state index in [-0.39, 0.29) is 5.02 Å². The highest BCUT2D eigenvalue weighted by atomic mass is 35.5. The molecule has 3 nitrogen and oxygen atoms in total. The Morgan fingerprint density at radius 2 is 1.87 bits per heavy atom. The molecule has 15 heavy (non-hydrogen) atoms. The lowest BCUT2D eigenvalue weighted by Crippen LogP contribution is -2.17. The fourth-order valence-electron chi connectivity index (χ4n) is 0.844. The molecule has 0 saturated heterocycles. The molecule has 0 heterocycles. The standard InChI is InChI=1S/C7H4ClF3O3S/c8-4-1-2-5(14-7(9,10)11)6(3-4)15(12)13/h1-3,15H. The minimum atomic E-state index is -4.94. The molecule has 84 valence electrons. The van der Waals surface area contributed by atoms with E-state index < -0.39 is 27.7 Å². The Morgan fingerprint density at radius 3 is 2.33 bits per heavy atom. The molecule has 0 aliphatic rings. The molecule has 1 aromatic carbocycles. The smallest absolute Gasteiger partial charge is 0.404 e. The van der Waals surface area contributed by atoms with Gasteiger partial charge in [0.25, 0.3) is 0 Å². The molecule has 1 aromatic rings. The van der Waals surface area contributed by atoms with E-state index in [2.05, 4.69) is 4.74 Å². The van der Waals surface area contributed by atoms with Crippen molar-refractivity contribution in [3.63, 3.8) is 0 Å². The SMILES string of the molecule is O=[SH](=O)c1cc(Cl)ccc1OC(F)(F)F. The Balaban J connectivity index is 3.18. The van der Waals surface area contributed by atoms with E-state index >= 15 is 0 Å². The van der Waals surface area contributed by atoms with Gasteiger partial charge in [-0.3, -0.25) is 0 Å². The maximum atomic E-state index is 11.8. The zero-order chi connectivity index (χ0) is 11.6. The van der Waals surface area contributed by atoms with Crippen LogP contribution in [0.3, 0.4) is 0 Å². The van der Waals surface area contributed by atoms with Gasteiger partial charge in [0.15, 0.2) is 10.7 Å². The van der Waals surface area contributed by atoms with Gasteiger partial charge in [0, 0.05) is 5.02 Å². The van der Waals surface area contributed by atoms with Crippen molar-refractivity contribution in [2.45, 2.75) is 11.3 Å². The molecule has 0 N–H and O–H groups in total. The first-order valence-corrected chi connectivity index (χ1v) is 5.05. The number of hydrogen-bond donors (Lipinski definition) is 1. The third-order valence-corrected chi connectivity index (χ3v) is 2.32. The second kappa shape index (κ2) is 4.28. The second-order valence-electron chi connectivity index (χ2n) is 2.42. The predicted molar refractivity (Wildman–Crippen MR) is 46.7 cm³/mol. The monoisotopic (exact) mass is 260 g/mol. The van der Waals surface area contributed by atoms with Crippen molar-refractivity contribution in [3.8, 4) is 5.75 Å². The van der Waals surface area contributed by atoms with Gasteiger partial charge >= 0.3 is 6.36 Å². The largest absolute Gasteiger partial charge is 0.573 e. The number of rotatable bonds is 2. The maximum Gasteiger partial charge on any atom is 0.573 e. The third-order valence-electron chi connectivity index (χ3n) is 1.34. The first kappa shape index (κ1) is 12.1. The van der Waals surface area contributed by atoms with Crippen LogP contribution in [0.5, 0.6) is 5.75 Å². The molecule has 0 bridgehead atoms. The van der Waals surface area contributed by atoms with Crippen molar-refractivity contribution in [2.75, 3.05) is 0 Å². The van der Waals surface area contributed by atoms with Crippen LogP contribution in [0.15, 0.2) is 23.1 Å². The summed E-state index contributed by atoms with van der Waals surface area (Å²) in [6, 6.07) is 2.83. The predicted octanol–water partition coefficient (Wildman–Crippen LogP) is 2.21. The van der Waals surface area contributed by atoms with E-state index in [0.717, 1.165) is 18.2 Å². The number of thiol groups is 1. The molecular weight excluding hydrogens is 257 g/mol. The topological polar surface area (TPSA) is 43.4 Å². The summed E-state index contributed by atoms with van der Waals surface area (Å²) in [7, 11) is -3.20. The minimum absolute atomic E-state index is 0.0127. The van der Waals surface area contributed by atoms with E-state index in [9.17, 15) is 21.6 Å². The molecule has 0 amide bonds. The second-order valence-corrected chi connectivity index (χ2v) is 3.85. The Hall–Kier alpha value is -0.950. The van der Waals surface area contributed by atoms with Crippen LogP contribution < -0.4 is 4.74 Å². The third kappa shape index (κ3) is 3.60. The van der Waals surface area contributed by atoms with Crippen molar-refractivity contribution >= 4 is 22.3 Å². The number of alkyl halides is 3. The molecular formula is C7H4ClF3O3S. The number of benzene rings is 1. The molecule has 0 unspecified atom stereocenters. The van der Waals surface area contributed by atoms with Gasteiger partial charge in [-0.25, -0.2) is 8.42 Å². The van der Waals surface area contributed by atoms with Crippen molar-refractivity contribution < 1.29 is 26.3 Å². The lowest BCUT2D eigenvalue weighted by atomic mass is 10.3. The summed E-state index contributed by atoms with van der Waals surface area (Å²) in [5, 5.41) is 0.0127. The molecule has 0 radical (unpaired) electrons. The van der Waals surface area contributed by atoms with Crippen molar-refractivity contribution in [1.29, 1.82) is 0 Å². The van der Waals surface area contributed by atoms with E-state index in [0.29, 0.717) is 0 Å². The van der Waals surface area contributed by atoms with Gasteiger partial charge in [0.05, 0.1) is 0 Å². The summed E-state index contributed by atoms with van der Waals surface area (Å²) in [6.45, 7) is 0. The van der Waals surface area contributed by atoms with Crippen LogP contribution in [0.2, 0.25) is 5.02 Å². The number of hydrogen-bond acceptors (Lipinski definition) is 3. The molecule has 0 aromatic heterocycles. The zero-order valence-corrected chi connectivity index (χ0v) is 8.57. The van der Waals surface area contributed by atoms with Gasteiger partial charge in [0.1, 0.15) is 10.6 Å². The van der Waals surface area contributed by atoms with Crippen molar-refractivity contribution in [3.05, 3.63) is 23.2 Å². The van der Waals surface area contributed by atoms with Crippen molar-refractivity contribution in [2.24, 2.45) is 0 Å². The summed E-state index contributed by atoms with van der Waals surface area (Å²) in [6.07, 6.45) is -4.94. The molecule has 8 heteroatoms. The average molecular weight is 261 g/mol. The van der Waals surface area contributed by atoms with E-state index in [4.69, 9.17) is 11.6 Å². The Morgan fingerprint density at radius 1 is 1.27 bits per heavy atom. The summed E-state index contributed by atoms with van der Waals surface area (Å²) in [4.78, 5) is -0.602. The molecule has 0 spiro atoms. The van der Waals surface area contributed by atoms with Crippen molar-refractivity contribution in [1.82, 2.24) is 0 Å². The molecule has 0 saturated carbocycles. The number of ether oxygens (including phenoxy) is 1. The first-order valence-electron chi connectivity index (χ1n) is 3.49. The fraction of sp³-hybridized carbons (Fsp3) is 0.143. The highest BCUT2D eigenvalue weighted by Crippen LogP contribution is 2.29. The summed E-state index contributed by atoms with van der Waals surface area (Å²) in [5.41, 5.74) is 0. The summed E-state index contributed by atoms with van der Waals surface area (Å²) < 4.78 is 60.2. The molecule has 0 aliphatic heterocycles. The van der Waals surface area contributed by atoms with Gasteiger partial charge in [-0.05, 0) is 18.2 Å². The maximum absolute atomic E-state index is 11.8. The van der Waals surface area contributed by atoms with Gasteiger partial charge in [-0.1, -0.05) is 11.6 Å². The average Bonchev–Trinajstić information content (AvgIpc) is 2.05. The highest BCUT2D eigenvalue weighted by molar-refractivity contribution is 7.72. The van der Waals surface area contributed by atoms with E-state index in [1.165, 1.54) is 0 Å². The van der Waals surface area contributed by atoms with Crippen LogP contribution in [-0.4, -0.2) is 14.8 Å². The normalized spacial score (nSPS) is 11.8. The van der Waals surface area contributed by atoms with Crippen LogP contribution in [0.25, 0.3) is 0 Å². The van der Waals surface area contributed by atoms with Gasteiger partial charge in [-0.2, -0.15) is 0 Å². The number of halogens is 4. The van der Waals surface area contributed by atoms with Crippen LogP contribution in [-0.2, 0) is 10.7 Å². The zero-order valence-electron chi connectivity index (χ0n) is 6.92. The highest BCUT2D eigenvalue weighted by Gasteiger charge is 2.32. The van der Waals surface area contributed by atoms with E-state index in [1.54, 1.807) is 0 Å². The minimum Gasteiger partial charge on any atom is -0.404 e. The summed E-state index contributed by atoms with van der Waals surface area (Å²) >= 11 is 5.43. The van der Waals surface area contributed by atoms with Crippen LogP contribution in [0.4, 0.5) is 13.2 Å².